The molecule has 0 spiro atoms. The number of hydrogen-bond acceptors (Lipinski definition) is 6. The lowest BCUT2D eigenvalue weighted by Gasteiger charge is -2.12. The predicted octanol–water partition coefficient (Wildman–Crippen LogP) is 16.8. The molecule has 0 bridgehead atoms. The third-order valence-electron chi connectivity index (χ3n) is 11.6. The molecule has 360 valence electrons. The summed E-state index contributed by atoms with van der Waals surface area (Å²) >= 11 is 0. The van der Waals surface area contributed by atoms with Crippen LogP contribution >= 0.6 is 0 Å². The van der Waals surface area contributed by atoms with E-state index in [9.17, 15) is 0 Å². The average Bonchev–Trinajstić information content (AvgIpc) is 3.36. The van der Waals surface area contributed by atoms with Crippen LogP contribution in [0.25, 0.3) is 0 Å². The Labute approximate surface area is 418 Å². The Balaban J connectivity index is 1.35. The molecule has 0 saturated heterocycles. The zero-order valence-electron chi connectivity index (χ0n) is 42.4. The van der Waals surface area contributed by atoms with Crippen LogP contribution in [0.1, 0.15) is 211 Å². The van der Waals surface area contributed by atoms with Crippen LogP contribution in [-0.4, -0.2) is 15.0 Å². The number of aromatic nitrogens is 3. The van der Waals surface area contributed by atoms with Gasteiger partial charge < -0.3 is 16.0 Å². The molecule has 0 fully saturated rings. The molecule has 4 rings (SSSR count). The number of unbranched alkanes of at least 4 members (excludes halogenated alkanes) is 24. The van der Waals surface area contributed by atoms with Crippen LogP contribution in [0, 0.1) is 71.0 Å². The van der Waals surface area contributed by atoms with Gasteiger partial charge in [0.15, 0.2) is 0 Å². The molecule has 1 heterocycles. The SMILES string of the molecule is CCCCCCCCCCC#CC#Cc1ccc(Nc2nc(Nc3ccc(C#CC#CCCCCCCCCCC)cc3)nc(Nc3ccc(C#CC#CCCCCCCCCCC)cc3)n2)cc1. The average molecular weight is 919 g/mol. The first kappa shape index (κ1) is 55.0. The fourth-order valence-corrected chi connectivity index (χ4v) is 7.51. The van der Waals surface area contributed by atoms with E-state index in [1.54, 1.807) is 0 Å². The van der Waals surface area contributed by atoms with Crippen molar-refractivity contribution in [3.8, 4) is 71.0 Å². The molecule has 0 unspecified atom stereocenters. The summed E-state index contributed by atoms with van der Waals surface area (Å²) in [5.41, 5.74) is 5.12. The summed E-state index contributed by atoms with van der Waals surface area (Å²) in [5.74, 6) is 38.4. The number of nitrogens with zero attached hydrogens (tertiary/aromatic N) is 3. The fraction of sp³-hybridized carbons (Fsp3) is 0.476. The summed E-state index contributed by atoms with van der Waals surface area (Å²) in [7, 11) is 0. The summed E-state index contributed by atoms with van der Waals surface area (Å²) in [5, 5.41) is 10.0. The van der Waals surface area contributed by atoms with Crippen molar-refractivity contribution in [2.24, 2.45) is 0 Å². The minimum Gasteiger partial charge on any atom is -0.324 e. The van der Waals surface area contributed by atoms with Crippen LogP contribution in [0.3, 0.4) is 0 Å². The highest BCUT2D eigenvalue weighted by Gasteiger charge is 2.09. The second kappa shape index (κ2) is 37.4. The molecule has 0 atom stereocenters. The third-order valence-corrected chi connectivity index (χ3v) is 11.6. The molecule has 6 nitrogen and oxygen atoms in total. The second-order valence-corrected chi connectivity index (χ2v) is 17.7. The first-order chi connectivity index (χ1) is 34.1. The van der Waals surface area contributed by atoms with Crippen molar-refractivity contribution in [2.75, 3.05) is 16.0 Å². The van der Waals surface area contributed by atoms with E-state index in [1.807, 2.05) is 72.8 Å². The van der Waals surface area contributed by atoms with Crippen molar-refractivity contribution in [2.45, 2.75) is 194 Å². The highest BCUT2D eigenvalue weighted by atomic mass is 15.3. The van der Waals surface area contributed by atoms with Crippen LogP contribution in [0.2, 0.25) is 0 Å². The monoisotopic (exact) mass is 919 g/mol. The van der Waals surface area contributed by atoms with Gasteiger partial charge in [-0.05, 0) is 128 Å². The smallest absolute Gasteiger partial charge is 0.233 e. The van der Waals surface area contributed by atoms with Crippen molar-refractivity contribution < 1.29 is 0 Å². The van der Waals surface area contributed by atoms with Crippen molar-refractivity contribution in [3.63, 3.8) is 0 Å². The Morgan fingerprint density at radius 3 is 0.768 bits per heavy atom. The van der Waals surface area contributed by atoms with Gasteiger partial charge in [0, 0.05) is 53.0 Å². The van der Waals surface area contributed by atoms with E-state index in [4.69, 9.17) is 15.0 Å². The van der Waals surface area contributed by atoms with Crippen molar-refractivity contribution >= 4 is 34.9 Å². The van der Waals surface area contributed by atoms with E-state index in [2.05, 4.69) is 108 Å². The summed E-state index contributed by atoms with van der Waals surface area (Å²) in [6.45, 7) is 6.78. The quantitative estimate of drug-likeness (QED) is 0.0357. The van der Waals surface area contributed by atoms with Gasteiger partial charge in [-0.15, -0.1) is 0 Å². The molecule has 0 saturated carbocycles. The van der Waals surface area contributed by atoms with E-state index in [1.165, 1.54) is 135 Å². The molecule has 0 aliphatic carbocycles. The summed E-state index contributed by atoms with van der Waals surface area (Å²) in [4.78, 5) is 14.2. The van der Waals surface area contributed by atoms with Gasteiger partial charge in [-0.2, -0.15) is 15.0 Å². The van der Waals surface area contributed by atoms with Crippen LogP contribution < -0.4 is 16.0 Å². The molecule has 0 aliphatic rings. The standard InChI is InChI=1S/C63H78N6/c1-4-7-10-13-16-19-22-25-28-31-34-37-40-55-43-49-58(50-44-55)64-61-67-62(65-59-51-45-56(46-52-59)41-38-35-32-29-26-23-20-17-14-11-8-5-2)69-63(68-61)66-60-53-47-57(48-54-60)42-39-36-33-30-27-24-21-18-15-12-9-6-3/h43-54H,4-30H2,1-3H3,(H3,64,65,66,67,68,69). The van der Waals surface area contributed by atoms with E-state index in [0.29, 0.717) is 17.8 Å². The molecule has 0 radical (unpaired) electrons. The number of nitrogens with one attached hydrogen (secondary N) is 3. The molecular weight excluding hydrogens is 841 g/mol. The largest absolute Gasteiger partial charge is 0.324 e. The van der Waals surface area contributed by atoms with Gasteiger partial charge in [0.25, 0.3) is 0 Å². The molecule has 69 heavy (non-hydrogen) atoms. The van der Waals surface area contributed by atoms with Crippen LogP contribution in [0.15, 0.2) is 72.8 Å². The lowest BCUT2D eigenvalue weighted by Crippen LogP contribution is -2.07. The number of rotatable bonds is 30. The van der Waals surface area contributed by atoms with Crippen molar-refractivity contribution in [3.05, 3.63) is 89.5 Å². The molecule has 0 aliphatic heterocycles. The molecular formula is C63H78N6. The fourth-order valence-electron chi connectivity index (χ4n) is 7.51. The van der Waals surface area contributed by atoms with E-state index < -0.39 is 0 Å². The Hall–Kier alpha value is -6.57. The Kier molecular flexibility index (Phi) is 29.8. The van der Waals surface area contributed by atoms with Crippen molar-refractivity contribution in [1.82, 2.24) is 15.0 Å². The third kappa shape index (κ3) is 27.1. The number of hydrogen-bond donors (Lipinski definition) is 3. The van der Waals surface area contributed by atoms with Gasteiger partial charge in [0.2, 0.25) is 17.8 Å². The summed E-state index contributed by atoms with van der Waals surface area (Å²) < 4.78 is 0. The molecule has 3 N–H and O–H groups in total. The van der Waals surface area contributed by atoms with Gasteiger partial charge in [-0.1, -0.05) is 191 Å². The summed E-state index contributed by atoms with van der Waals surface area (Å²) in [6, 6.07) is 23.6. The first-order valence-corrected chi connectivity index (χ1v) is 26.5. The summed E-state index contributed by atoms with van der Waals surface area (Å²) in [6.07, 6.45) is 33.9. The van der Waals surface area contributed by atoms with Gasteiger partial charge >= 0.3 is 0 Å². The van der Waals surface area contributed by atoms with E-state index in [0.717, 1.165) is 72.3 Å². The first-order valence-electron chi connectivity index (χ1n) is 26.5. The van der Waals surface area contributed by atoms with Gasteiger partial charge in [0.05, 0.1) is 0 Å². The lowest BCUT2D eigenvalue weighted by atomic mass is 10.1. The molecule has 0 amide bonds. The van der Waals surface area contributed by atoms with E-state index >= 15 is 0 Å². The molecule has 3 aromatic carbocycles. The molecule has 4 aromatic rings. The maximum Gasteiger partial charge on any atom is 0.233 e. The van der Waals surface area contributed by atoms with Gasteiger partial charge in [0.1, 0.15) is 0 Å². The van der Waals surface area contributed by atoms with E-state index in [-0.39, 0.29) is 0 Å². The highest BCUT2D eigenvalue weighted by molar-refractivity contribution is 5.63. The predicted molar refractivity (Wildman–Crippen MR) is 295 cm³/mol. The van der Waals surface area contributed by atoms with Crippen molar-refractivity contribution in [1.29, 1.82) is 0 Å². The van der Waals surface area contributed by atoms with Crippen LogP contribution in [0.5, 0.6) is 0 Å². The Bertz CT molecular complexity index is 2130. The zero-order chi connectivity index (χ0) is 48.5. The zero-order valence-corrected chi connectivity index (χ0v) is 42.4. The van der Waals surface area contributed by atoms with Gasteiger partial charge in [-0.3, -0.25) is 0 Å². The maximum atomic E-state index is 4.73. The maximum absolute atomic E-state index is 4.73. The van der Waals surface area contributed by atoms with Crippen LogP contribution in [-0.2, 0) is 0 Å². The minimum atomic E-state index is 0.377. The topological polar surface area (TPSA) is 74.8 Å². The molecule has 6 heteroatoms. The normalized spacial score (nSPS) is 9.96. The van der Waals surface area contributed by atoms with Gasteiger partial charge in [-0.25, -0.2) is 0 Å². The number of benzene rings is 3. The Morgan fingerprint density at radius 1 is 0.290 bits per heavy atom. The highest BCUT2D eigenvalue weighted by Crippen LogP contribution is 2.22. The lowest BCUT2D eigenvalue weighted by molar-refractivity contribution is 0.579. The number of anilines is 6. The van der Waals surface area contributed by atoms with Crippen LogP contribution in [0.4, 0.5) is 34.9 Å². The molecule has 1 aromatic heterocycles. The second-order valence-electron chi connectivity index (χ2n) is 17.7. The Morgan fingerprint density at radius 2 is 0.522 bits per heavy atom. The minimum absolute atomic E-state index is 0.377.